The minimum Gasteiger partial charge on any atom is -0.508 e. The number of phenolic OH excluding ortho intramolecular Hbond substituents is 1. The topological polar surface area (TPSA) is 98.0 Å². The van der Waals surface area contributed by atoms with E-state index < -0.39 is 5.91 Å². The van der Waals surface area contributed by atoms with Crippen LogP contribution in [0.2, 0.25) is 0 Å². The largest absolute Gasteiger partial charge is 0.508 e. The molecule has 1 heterocycles. The molecule has 6 nitrogen and oxygen atoms in total. The van der Waals surface area contributed by atoms with E-state index in [0.717, 1.165) is 4.47 Å². The Labute approximate surface area is 141 Å². The highest BCUT2D eigenvalue weighted by Gasteiger charge is 2.11. The fourth-order valence-electron chi connectivity index (χ4n) is 1.73. The highest BCUT2D eigenvalue weighted by atomic mass is 79.9. The molecule has 0 radical (unpaired) electrons. The molecule has 0 saturated heterocycles. The number of halogens is 1. The van der Waals surface area contributed by atoms with E-state index in [2.05, 4.69) is 31.5 Å². The van der Waals surface area contributed by atoms with Gasteiger partial charge in [-0.05, 0) is 58.7 Å². The van der Waals surface area contributed by atoms with Crippen molar-refractivity contribution in [1.82, 2.24) is 4.98 Å². The van der Waals surface area contributed by atoms with Crippen molar-refractivity contribution in [2.24, 2.45) is 0 Å². The smallest absolute Gasteiger partial charge is 0.267 e. The van der Waals surface area contributed by atoms with Crippen LogP contribution >= 0.6 is 15.9 Å². The molecule has 0 unspecified atom stereocenters. The third-order valence-corrected chi connectivity index (χ3v) is 3.38. The van der Waals surface area contributed by atoms with Gasteiger partial charge in [0.05, 0.1) is 0 Å². The monoisotopic (exact) mass is 372 g/mol. The van der Waals surface area contributed by atoms with Crippen molar-refractivity contribution in [2.45, 2.75) is 6.92 Å². The van der Waals surface area contributed by atoms with Crippen LogP contribution in [0.1, 0.15) is 5.56 Å². The molecule has 23 heavy (non-hydrogen) atoms. The number of carbonyl (C=O) groups is 1. The average Bonchev–Trinajstić information content (AvgIpc) is 2.52. The van der Waals surface area contributed by atoms with Crippen LogP contribution in [0.25, 0.3) is 0 Å². The van der Waals surface area contributed by atoms with Crippen LogP contribution in [-0.2, 0) is 4.79 Å². The number of anilines is 2. The number of nitrogens with one attached hydrogen (secondary N) is 2. The van der Waals surface area contributed by atoms with Gasteiger partial charge in [-0.3, -0.25) is 4.79 Å². The van der Waals surface area contributed by atoms with Crippen molar-refractivity contribution >= 4 is 33.3 Å². The highest BCUT2D eigenvalue weighted by Crippen LogP contribution is 2.20. The summed E-state index contributed by atoms with van der Waals surface area (Å²) in [5.74, 6) is 0.0694. The molecule has 0 aliphatic carbocycles. The molecule has 1 aromatic carbocycles. The van der Waals surface area contributed by atoms with E-state index in [0.29, 0.717) is 17.1 Å². The van der Waals surface area contributed by atoms with E-state index in [1.54, 1.807) is 31.3 Å². The molecule has 1 amide bonds. The van der Waals surface area contributed by atoms with Crippen LogP contribution in [0.15, 0.2) is 52.8 Å². The van der Waals surface area contributed by atoms with Crippen LogP contribution in [0.3, 0.4) is 0 Å². The van der Waals surface area contributed by atoms with Crippen molar-refractivity contribution in [3.05, 3.63) is 58.3 Å². The number of aryl methyl sites for hydroxylation is 1. The molecule has 0 aliphatic heterocycles. The molecular weight excluding hydrogens is 360 g/mol. The summed E-state index contributed by atoms with van der Waals surface area (Å²) in [5.41, 5.74) is 1.12. The Morgan fingerprint density at radius 2 is 2.17 bits per heavy atom. The first-order chi connectivity index (χ1) is 11.0. The number of aromatic hydroxyl groups is 1. The minimum atomic E-state index is -0.550. The van der Waals surface area contributed by atoms with Gasteiger partial charge in [0, 0.05) is 22.6 Å². The van der Waals surface area contributed by atoms with E-state index in [9.17, 15) is 9.90 Å². The third-order valence-electron chi connectivity index (χ3n) is 2.92. The molecule has 2 aromatic rings. The molecule has 3 N–H and O–H groups in total. The second-order valence-corrected chi connectivity index (χ2v) is 5.54. The van der Waals surface area contributed by atoms with Crippen molar-refractivity contribution in [3.63, 3.8) is 0 Å². The number of aromatic nitrogens is 1. The van der Waals surface area contributed by atoms with Gasteiger partial charge in [0.2, 0.25) is 0 Å². The van der Waals surface area contributed by atoms with Gasteiger partial charge in [0.25, 0.3) is 5.91 Å². The number of nitriles is 1. The third kappa shape index (κ3) is 4.56. The van der Waals surface area contributed by atoms with E-state index >= 15 is 0 Å². The van der Waals surface area contributed by atoms with E-state index in [1.165, 1.54) is 18.3 Å². The van der Waals surface area contributed by atoms with Crippen LogP contribution in [0.5, 0.6) is 5.75 Å². The maximum Gasteiger partial charge on any atom is 0.267 e. The van der Waals surface area contributed by atoms with Gasteiger partial charge >= 0.3 is 0 Å². The molecule has 0 aliphatic rings. The number of carbonyl (C=O) groups excluding carboxylic acids is 1. The molecule has 0 spiro atoms. The summed E-state index contributed by atoms with van der Waals surface area (Å²) in [7, 11) is 0. The molecule has 2 rings (SSSR count). The number of hydrogen-bond acceptors (Lipinski definition) is 5. The molecule has 116 valence electrons. The number of pyridine rings is 1. The summed E-state index contributed by atoms with van der Waals surface area (Å²) in [4.78, 5) is 16.2. The SMILES string of the molecule is Cc1cc(O)ccc1NC(=O)/C(C#N)=C\Nc1ccc(Br)cn1. The van der Waals surface area contributed by atoms with Gasteiger partial charge in [-0.1, -0.05) is 0 Å². The first-order valence-electron chi connectivity index (χ1n) is 6.59. The Kier molecular flexibility index (Phi) is 5.33. The highest BCUT2D eigenvalue weighted by molar-refractivity contribution is 9.10. The van der Waals surface area contributed by atoms with Crippen molar-refractivity contribution in [2.75, 3.05) is 10.6 Å². The van der Waals surface area contributed by atoms with Gasteiger partial charge in [-0.25, -0.2) is 4.98 Å². The molecule has 0 fully saturated rings. The predicted octanol–water partition coefficient (Wildman–Crippen LogP) is 3.32. The van der Waals surface area contributed by atoms with Crippen LogP contribution in [0.4, 0.5) is 11.5 Å². The van der Waals surface area contributed by atoms with Gasteiger partial charge in [-0.15, -0.1) is 0 Å². The molecule has 7 heteroatoms. The molecule has 0 bridgehead atoms. The fourth-order valence-corrected chi connectivity index (χ4v) is 1.97. The van der Waals surface area contributed by atoms with E-state index in [1.807, 2.05) is 6.07 Å². The summed E-state index contributed by atoms with van der Waals surface area (Å²) < 4.78 is 0.827. The lowest BCUT2D eigenvalue weighted by atomic mass is 10.2. The van der Waals surface area contributed by atoms with Crippen molar-refractivity contribution in [1.29, 1.82) is 5.26 Å². The lowest BCUT2D eigenvalue weighted by Gasteiger charge is -2.08. The molecule has 0 atom stereocenters. The second-order valence-electron chi connectivity index (χ2n) is 4.63. The van der Waals surface area contributed by atoms with Gasteiger partial charge in [-0.2, -0.15) is 5.26 Å². The average molecular weight is 373 g/mol. The summed E-state index contributed by atoms with van der Waals surface area (Å²) >= 11 is 3.27. The number of hydrogen-bond donors (Lipinski definition) is 3. The predicted molar refractivity (Wildman–Crippen MR) is 90.7 cm³/mol. The maximum atomic E-state index is 12.1. The van der Waals surface area contributed by atoms with E-state index in [-0.39, 0.29) is 11.3 Å². The normalized spacial score (nSPS) is 10.7. The Balaban J connectivity index is 2.10. The standard InChI is InChI=1S/C16H13BrN4O2/c1-10-6-13(22)3-4-14(10)21-16(23)11(7-18)8-19-15-5-2-12(17)9-20-15/h2-6,8-9,22H,1H3,(H,19,20)(H,21,23)/b11-8-. The first-order valence-corrected chi connectivity index (χ1v) is 7.38. The zero-order chi connectivity index (χ0) is 16.8. The quantitative estimate of drug-likeness (QED) is 0.434. The van der Waals surface area contributed by atoms with Crippen LogP contribution in [-0.4, -0.2) is 16.0 Å². The molecular formula is C16H13BrN4O2. The zero-order valence-corrected chi connectivity index (χ0v) is 13.8. The zero-order valence-electron chi connectivity index (χ0n) is 12.2. The summed E-state index contributed by atoms with van der Waals surface area (Å²) in [6.07, 6.45) is 2.89. The number of nitrogens with zero attached hydrogens (tertiary/aromatic N) is 2. The summed E-state index contributed by atoms with van der Waals surface area (Å²) in [6.45, 7) is 1.75. The van der Waals surface area contributed by atoms with E-state index in [4.69, 9.17) is 5.26 Å². The summed E-state index contributed by atoms with van der Waals surface area (Å²) in [5, 5.41) is 23.9. The maximum absolute atomic E-state index is 12.1. The minimum absolute atomic E-state index is 0.0952. The molecule has 0 saturated carbocycles. The van der Waals surface area contributed by atoms with Crippen LogP contribution < -0.4 is 10.6 Å². The Morgan fingerprint density at radius 3 is 2.78 bits per heavy atom. The van der Waals surface area contributed by atoms with Gasteiger partial charge in [0.1, 0.15) is 23.2 Å². The van der Waals surface area contributed by atoms with Gasteiger partial charge in [0.15, 0.2) is 0 Å². The fraction of sp³-hybridized carbons (Fsp3) is 0.0625. The number of amides is 1. The lowest BCUT2D eigenvalue weighted by molar-refractivity contribution is -0.112. The lowest BCUT2D eigenvalue weighted by Crippen LogP contribution is -2.15. The number of rotatable bonds is 4. The molecule has 1 aromatic heterocycles. The van der Waals surface area contributed by atoms with Gasteiger partial charge < -0.3 is 15.7 Å². The first kappa shape index (κ1) is 16.5. The Morgan fingerprint density at radius 1 is 1.39 bits per heavy atom. The summed E-state index contributed by atoms with van der Waals surface area (Å²) in [6, 6.07) is 9.88. The van der Waals surface area contributed by atoms with Crippen LogP contribution in [0, 0.1) is 18.3 Å². The number of phenols is 1. The number of benzene rings is 1. The van der Waals surface area contributed by atoms with Crippen molar-refractivity contribution in [3.8, 4) is 11.8 Å². The Hall–Kier alpha value is -2.85. The second kappa shape index (κ2) is 7.42. The Bertz CT molecular complexity index is 795. The van der Waals surface area contributed by atoms with Crippen molar-refractivity contribution < 1.29 is 9.90 Å².